The molecule has 3 atom stereocenters. The first-order chi connectivity index (χ1) is 21.3. The van der Waals surface area contributed by atoms with Crippen LogP contribution in [0.5, 0.6) is 0 Å². The summed E-state index contributed by atoms with van der Waals surface area (Å²) in [7, 11) is 0. The van der Waals surface area contributed by atoms with Crippen LogP contribution in [0.4, 0.5) is 4.79 Å². The minimum Gasteiger partial charge on any atom is -0.458 e. The summed E-state index contributed by atoms with van der Waals surface area (Å²) in [5.41, 5.74) is 0.346. The molecule has 250 valence electrons. The third-order valence-corrected chi connectivity index (χ3v) is 6.72. The molecule has 9 heteroatoms. The third-order valence-electron chi connectivity index (χ3n) is 6.72. The van der Waals surface area contributed by atoms with Crippen molar-refractivity contribution >= 4 is 23.9 Å². The number of rotatable bonds is 12. The summed E-state index contributed by atoms with van der Waals surface area (Å²) in [5.74, 6) is 0.955. The molecule has 0 fully saturated rings. The van der Waals surface area contributed by atoms with Crippen molar-refractivity contribution in [2.45, 2.75) is 117 Å². The summed E-state index contributed by atoms with van der Waals surface area (Å²) in [6.45, 7) is 18.0. The fourth-order valence-corrected chi connectivity index (χ4v) is 4.87. The molecule has 3 unspecified atom stereocenters. The van der Waals surface area contributed by atoms with Crippen molar-refractivity contribution in [1.82, 2.24) is 15.5 Å². The van der Waals surface area contributed by atoms with E-state index in [2.05, 4.69) is 16.6 Å². The maximum Gasteiger partial charge on any atom is 0.408 e. The zero-order valence-corrected chi connectivity index (χ0v) is 29.0. The second-order valence-corrected chi connectivity index (χ2v) is 14.1. The second-order valence-electron chi connectivity index (χ2n) is 14.1. The summed E-state index contributed by atoms with van der Waals surface area (Å²) in [6.07, 6.45) is 5.34. The molecule has 0 spiro atoms. The SMILES string of the molecule is C#Cc1ccc(C(C(=O)NC(Cc2ccccc2)C(=O)OC(C)(C)C)N(C(=O)C(CC(C)C)NC(=O)OC(C)(C)C)C(C)C)cc1. The topological polar surface area (TPSA) is 114 Å². The minimum atomic E-state index is -1.17. The first kappa shape index (κ1) is 37.9. The minimum absolute atomic E-state index is 0.0301. The van der Waals surface area contributed by atoms with Crippen LogP contribution in [0.25, 0.3) is 0 Å². The van der Waals surface area contributed by atoms with Gasteiger partial charge >= 0.3 is 12.1 Å². The summed E-state index contributed by atoms with van der Waals surface area (Å²) in [6, 6.07) is 12.4. The van der Waals surface area contributed by atoms with Gasteiger partial charge < -0.3 is 25.0 Å². The van der Waals surface area contributed by atoms with Gasteiger partial charge in [0.1, 0.15) is 29.3 Å². The van der Waals surface area contributed by atoms with Gasteiger partial charge in [-0.1, -0.05) is 62.2 Å². The van der Waals surface area contributed by atoms with E-state index in [-0.39, 0.29) is 12.3 Å². The number of carbonyl (C=O) groups excluding carboxylic acids is 4. The van der Waals surface area contributed by atoms with Crippen molar-refractivity contribution in [2.24, 2.45) is 5.92 Å². The van der Waals surface area contributed by atoms with Crippen molar-refractivity contribution in [1.29, 1.82) is 0 Å². The Hall–Kier alpha value is -4.32. The molecule has 0 aliphatic heterocycles. The van der Waals surface area contributed by atoms with Gasteiger partial charge in [-0.25, -0.2) is 9.59 Å². The largest absolute Gasteiger partial charge is 0.458 e. The highest BCUT2D eigenvalue weighted by Crippen LogP contribution is 2.27. The Morgan fingerprint density at radius 2 is 1.37 bits per heavy atom. The van der Waals surface area contributed by atoms with Crippen LogP contribution in [0, 0.1) is 18.3 Å². The van der Waals surface area contributed by atoms with E-state index in [1.807, 2.05) is 44.2 Å². The molecule has 0 heterocycles. The van der Waals surface area contributed by atoms with Gasteiger partial charge in [0.05, 0.1) is 0 Å². The Bertz CT molecular complexity index is 1370. The van der Waals surface area contributed by atoms with Crippen LogP contribution in [-0.4, -0.2) is 58.1 Å². The molecule has 0 radical (unpaired) electrons. The fraction of sp³-hybridized carbons (Fsp3) is 0.514. The monoisotopic (exact) mass is 633 g/mol. The van der Waals surface area contributed by atoms with E-state index in [1.54, 1.807) is 79.7 Å². The van der Waals surface area contributed by atoms with Crippen molar-refractivity contribution in [3.05, 3.63) is 71.3 Å². The number of alkyl carbamates (subject to hydrolysis) is 1. The molecule has 3 amide bonds. The zero-order chi connectivity index (χ0) is 34.8. The third kappa shape index (κ3) is 12.2. The number of amides is 3. The highest BCUT2D eigenvalue weighted by atomic mass is 16.6. The predicted octanol–water partition coefficient (Wildman–Crippen LogP) is 5.95. The van der Waals surface area contributed by atoms with Gasteiger partial charge in [0.25, 0.3) is 0 Å². The number of hydrogen-bond donors (Lipinski definition) is 2. The Kier molecular flexibility index (Phi) is 13.4. The Morgan fingerprint density at radius 3 is 1.85 bits per heavy atom. The Balaban J connectivity index is 2.61. The maximum atomic E-state index is 14.4. The first-order valence-electron chi connectivity index (χ1n) is 15.8. The highest BCUT2D eigenvalue weighted by Gasteiger charge is 2.39. The molecule has 0 aliphatic carbocycles. The molecule has 2 N–H and O–H groups in total. The second kappa shape index (κ2) is 16.3. The quantitative estimate of drug-likeness (QED) is 0.221. The number of benzene rings is 2. The number of nitrogens with zero attached hydrogens (tertiary/aromatic N) is 1. The van der Waals surface area contributed by atoms with Crippen molar-refractivity contribution in [3.63, 3.8) is 0 Å². The lowest BCUT2D eigenvalue weighted by molar-refractivity contribution is -0.159. The number of carbonyl (C=O) groups is 4. The first-order valence-corrected chi connectivity index (χ1v) is 15.8. The molecule has 46 heavy (non-hydrogen) atoms. The van der Waals surface area contributed by atoms with Gasteiger partial charge in [-0.2, -0.15) is 0 Å². The average Bonchev–Trinajstić information content (AvgIpc) is 2.93. The predicted molar refractivity (Wildman–Crippen MR) is 180 cm³/mol. The van der Waals surface area contributed by atoms with E-state index in [0.29, 0.717) is 17.5 Å². The number of hydrogen-bond acceptors (Lipinski definition) is 6. The van der Waals surface area contributed by atoms with Gasteiger partial charge in [0.2, 0.25) is 11.8 Å². The van der Waals surface area contributed by atoms with E-state index in [0.717, 1.165) is 5.56 Å². The van der Waals surface area contributed by atoms with Crippen LogP contribution in [0.1, 0.15) is 98.4 Å². The van der Waals surface area contributed by atoms with Crippen molar-refractivity contribution in [3.8, 4) is 12.3 Å². The lowest BCUT2D eigenvalue weighted by Gasteiger charge is -2.38. The molecular formula is C37H51N3O6. The lowest BCUT2D eigenvalue weighted by atomic mass is 9.96. The zero-order valence-electron chi connectivity index (χ0n) is 29.0. The van der Waals surface area contributed by atoms with Gasteiger partial charge in [0, 0.05) is 18.0 Å². The fourth-order valence-electron chi connectivity index (χ4n) is 4.87. The van der Waals surface area contributed by atoms with Crippen LogP contribution in [0.3, 0.4) is 0 Å². The van der Waals surface area contributed by atoms with Crippen LogP contribution in [-0.2, 0) is 30.3 Å². The molecule has 0 bridgehead atoms. The van der Waals surface area contributed by atoms with Gasteiger partial charge in [0.15, 0.2) is 0 Å². The van der Waals surface area contributed by atoms with Crippen molar-refractivity contribution in [2.75, 3.05) is 0 Å². The van der Waals surface area contributed by atoms with Gasteiger partial charge in [-0.05, 0) is 91.0 Å². The molecule has 0 saturated heterocycles. The normalized spacial score (nSPS) is 13.6. The number of terminal acetylenes is 1. The number of ether oxygens (including phenoxy) is 2. The van der Waals surface area contributed by atoms with E-state index < -0.39 is 59.2 Å². The maximum absolute atomic E-state index is 14.4. The van der Waals surface area contributed by atoms with Crippen LogP contribution in [0.2, 0.25) is 0 Å². The summed E-state index contributed by atoms with van der Waals surface area (Å²) < 4.78 is 11.2. The molecule has 0 aromatic heterocycles. The number of nitrogens with one attached hydrogen (secondary N) is 2. The summed E-state index contributed by atoms with van der Waals surface area (Å²) in [5, 5.41) is 5.63. The lowest BCUT2D eigenvalue weighted by Crippen LogP contribution is -2.57. The molecule has 0 aliphatic rings. The number of esters is 1. The summed E-state index contributed by atoms with van der Waals surface area (Å²) >= 11 is 0. The standard InChI is InChI=1S/C37H51N3O6/c1-12-26-18-20-28(21-19-26)31(32(41)38-30(34(43)45-36(6,7)8)23-27-16-14-13-15-17-27)40(25(4)5)33(42)29(22-24(2)3)39-35(44)46-37(9,10)11/h1,13-21,24-25,29-31H,22-23H2,2-11H3,(H,38,41)(H,39,44). The van der Waals surface area contributed by atoms with Crippen molar-refractivity contribution < 1.29 is 28.7 Å². The van der Waals surface area contributed by atoms with Crippen LogP contribution in [0.15, 0.2) is 54.6 Å². The smallest absolute Gasteiger partial charge is 0.408 e. The Morgan fingerprint density at radius 1 is 0.804 bits per heavy atom. The molecule has 2 rings (SSSR count). The Labute approximate surface area is 274 Å². The van der Waals surface area contributed by atoms with E-state index in [9.17, 15) is 19.2 Å². The van der Waals surface area contributed by atoms with E-state index in [4.69, 9.17) is 15.9 Å². The van der Waals surface area contributed by atoms with E-state index >= 15 is 0 Å². The highest BCUT2D eigenvalue weighted by molar-refractivity contribution is 5.94. The molecule has 9 nitrogen and oxygen atoms in total. The molecular weight excluding hydrogens is 582 g/mol. The molecule has 2 aromatic rings. The molecule has 2 aromatic carbocycles. The average molecular weight is 634 g/mol. The molecule has 0 saturated carbocycles. The van der Waals surface area contributed by atoms with Crippen LogP contribution < -0.4 is 10.6 Å². The van der Waals surface area contributed by atoms with Gasteiger partial charge in [-0.15, -0.1) is 6.42 Å². The summed E-state index contributed by atoms with van der Waals surface area (Å²) in [4.78, 5) is 56.6. The van der Waals surface area contributed by atoms with Crippen LogP contribution >= 0.6 is 0 Å². The van der Waals surface area contributed by atoms with E-state index in [1.165, 1.54) is 4.90 Å². The van der Waals surface area contributed by atoms with Gasteiger partial charge in [-0.3, -0.25) is 9.59 Å².